The van der Waals surface area contributed by atoms with E-state index in [1.807, 2.05) is 0 Å². The molecule has 0 radical (unpaired) electrons. The molecule has 0 aliphatic carbocycles. The molecule has 3 nitrogen and oxygen atoms in total. The lowest BCUT2D eigenvalue weighted by molar-refractivity contribution is 0.842. The largest absolute Gasteiger partial charge is 0.355 e. The van der Waals surface area contributed by atoms with Crippen LogP contribution in [0.25, 0.3) is 0 Å². The van der Waals surface area contributed by atoms with Crippen LogP contribution in [0.5, 0.6) is 0 Å². The van der Waals surface area contributed by atoms with Crippen molar-refractivity contribution in [2.45, 2.75) is 39.8 Å². The van der Waals surface area contributed by atoms with E-state index >= 15 is 0 Å². The summed E-state index contributed by atoms with van der Waals surface area (Å²) < 4.78 is 0. The summed E-state index contributed by atoms with van der Waals surface area (Å²) in [5.74, 6) is 1.00. The van der Waals surface area contributed by atoms with Crippen LogP contribution in [0, 0.1) is 6.92 Å². The molecule has 2 rings (SSSR count). The third-order valence-corrected chi connectivity index (χ3v) is 3.60. The van der Waals surface area contributed by atoms with Crippen LogP contribution in [-0.4, -0.2) is 12.0 Å². The summed E-state index contributed by atoms with van der Waals surface area (Å²) in [6.07, 6.45) is 2.10. The Labute approximate surface area is 127 Å². The molecule has 1 aromatic carbocycles. The maximum absolute atomic E-state index is 5.81. The summed E-state index contributed by atoms with van der Waals surface area (Å²) in [7, 11) is 2.08. The lowest BCUT2D eigenvalue weighted by atomic mass is 10.1. The first kappa shape index (κ1) is 15.5. The number of aromatic nitrogens is 1. The highest BCUT2D eigenvalue weighted by atomic mass is 15.2. The first-order valence-electron chi connectivity index (χ1n) is 7.59. The number of rotatable bonds is 6. The molecule has 0 atom stereocenters. The molecule has 0 aliphatic rings. The minimum absolute atomic E-state index is 0.560. The van der Waals surface area contributed by atoms with Crippen LogP contribution in [0.3, 0.4) is 0 Å². The van der Waals surface area contributed by atoms with E-state index in [-0.39, 0.29) is 0 Å². The van der Waals surface area contributed by atoms with Crippen molar-refractivity contribution in [3.05, 3.63) is 58.8 Å². The van der Waals surface area contributed by atoms with Gasteiger partial charge in [0.05, 0.1) is 0 Å². The number of pyridine rings is 1. The number of hydrogen-bond donors (Lipinski definition) is 1. The minimum Gasteiger partial charge on any atom is -0.355 e. The quantitative estimate of drug-likeness (QED) is 0.883. The zero-order valence-electron chi connectivity index (χ0n) is 13.3. The number of hydrogen-bond acceptors (Lipinski definition) is 3. The number of nitrogens with zero attached hydrogens (tertiary/aromatic N) is 2. The highest BCUT2D eigenvalue weighted by Gasteiger charge is 2.07. The first-order valence-corrected chi connectivity index (χ1v) is 7.59. The maximum atomic E-state index is 5.81. The topological polar surface area (TPSA) is 42.1 Å². The molecule has 112 valence electrons. The van der Waals surface area contributed by atoms with Crippen molar-refractivity contribution < 1.29 is 0 Å². The number of anilines is 1. The van der Waals surface area contributed by atoms with Crippen LogP contribution in [0.2, 0.25) is 0 Å². The van der Waals surface area contributed by atoms with E-state index in [0.717, 1.165) is 36.5 Å². The van der Waals surface area contributed by atoms with Crippen LogP contribution in [0.15, 0.2) is 36.4 Å². The van der Waals surface area contributed by atoms with Crippen molar-refractivity contribution in [3.8, 4) is 0 Å². The van der Waals surface area contributed by atoms with E-state index in [1.54, 1.807) is 0 Å². The Morgan fingerprint density at radius 1 is 1.10 bits per heavy atom. The summed E-state index contributed by atoms with van der Waals surface area (Å²) in [5.41, 5.74) is 10.7. The van der Waals surface area contributed by atoms with Gasteiger partial charge in [-0.15, -0.1) is 0 Å². The van der Waals surface area contributed by atoms with Crippen molar-refractivity contribution >= 4 is 5.82 Å². The molecular weight excluding hydrogens is 258 g/mol. The van der Waals surface area contributed by atoms with Crippen LogP contribution in [-0.2, 0) is 19.5 Å². The third kappa shape index (κ3) is 4.30. The number of nitrogens with two attached hydrogens (primary N) is 1. The second-order valence-electron chi connectivity index (χ2n) is 5.62. The molecule has 2 aromatic rings. The van der Waals surface area contributed by atoms with E-state index in [1.165, 1.54) is 11.1 Å². The van der Waals surface area contributed by atoms with E-state index in [4.69, 9.17) is 10.7 Å². The minimum atomic E-state index is 0.560. The van der Waals surface area contributed by atoms with Gasteiger partial charge in [0, 0.05) is 25.8 Å². The molecule has 0 fully saturated rings. The Morgan fingerprint density at radius 3 is 2.43 bits per heavy atom. The van der Waals surface area contributed by atoms with Gasteiger partial charge in [0.25, 0.3) is 0 Å². The summed E-state index contributed by atoms with van der Waals surface area (Å²) in [4.78, 5) is 6.94. The molecule has 0 bridgehead atoms. The summed E-state index contributed by atoms with van der Waals surface area (Å²) in [5, 5.41) is 0. The predicted octanol–water partition coefficient (Wildman–Crippen LogP) is 3.44. The van der Waals surface area contributed by atoms with Crippen LogP contribution < -0.4 is 10.6 Å². The van der Waals surface area contributed by atoms with Crippen molar-refractivity contribution in [1.82, 2.24) is 4.98 Å². The normalized spacial score (nSPS) is 10.7. The smallest absolute Gasteiger partial charge is 0.129 e. The van der Waals surface area contributed by atoms with E-state index in [2.05, 4.69) is 62.2 Å². The molecule has 0 spiro atoms. The number of benzene rings is 1. The molecule has 0 unspecified atom stereocenters. The average molecular weight is 283 g/mol. The van der Waals surface area contributed by atoms with Gasteiger partial charge in [-0.05, 0) is 36.6 Å². The summed E-state index contributed by atoms with van der Waals surface area (Å²) in [6.45, 7) is 5.70. The molecule has 0 saturated carbocycles. The first-order chi connectivity index (χ1) is 10.1. The second-order valence-corrected chi connectivity index (χ2v) is 5.62. The molecule has 21 heavy (non-hydrogen) atoms. The van der Waals surface area contributed by atoms with Gasteiger partial charge in [-0.1, -0.05) is 43.2 Å². The third-order valence-electron chi connectivity index (χ3n) is 3.60. The Morgan fingerprint density at radius 2 is 1.81 bits per heavy atom. The van der Waals surface area contributed by atoms with Gasteiger partial charge in [-0.25, -0.2) is 4.98 Å². The summed E-state index contributed by atoms with van der Waals surface area (Å²) >= 11 is 0. The lowest BCUT2D eigenvalue weighted by Crippen LogP contribution is -2.19. The average Bonchev–Trinajstić information content (AvgIpc) is 2.49. The fraction of sp³-hybridized carbons (Fsp3) is 0.389. The molecule has 3 heteroatoms. The van der Waals surface area contributed by atoms with Crippen molar-refractivity contribution in [3.63, 3.8) is 0 Å². The molecule has 1 aromatic heterocycles. The zero-order chi connectivity index (χ0) is 15.2. The van der Waals surface area contributed by atoms with E-state index < -0.39 is 0 Å². The van der Waals surface area contributed by atoms with Gasteiger partial charge in [-0.3, -0.25) is 0 Å². The van der Waals surface area contributed by atoms with Crippen LogP contribution in [0.4, 0.5) is 5.82 Å². The van der Waals surface area contributed by atoms with E-state index in [0.29, 0.717) is 6.54 Å². The fourth-order valence-electron chi connectivity index (χ4n) is 2.38. The van der Waals surface area contributed by atoms with Gasteiger partial charge in [0.1, 0.15) is 5.82 Å². The molecule has 1 heterocycles. The fourth-order valence-corrected chi connectivity index (χ4v) is 2.38. The summed E-state index contributed by atoms with van der Waals surface area (Å²) in [6, 6.07) is 12.8. The van der Waals surface area contributed by atoms with Crippen molar-refractivity contribution in [2.75, 3.05) is 11.9 Å². The Kier molecular flexibility index (Phi) is 5.34. The van der Waals surface area contributed by atoms with Gasteiger partial charge in [-0.2, -0.15) is 0 Å². The lowest BCUT2D eigenvalue weighted by Gasteiger charge is -2.20. The van der Waals surface area contributed by atoms with Gasteiger partial charge < -0.3 is 10.6 Å². The van der Waals surface area contributed by atoms with Gasteiger partial charge in [0.2, 0.25) is 0 Å². The van der Waals surface area contributed by atoms with Crippen LogP contribution >= 0.6 is 0 Å². The van der Waals surface area contributed by atoms with E-state index in [9.17, 15) is 0 Å². The van der Waals surface area contributed by atoms with Gasteiger partial charge >= 0.3 is 0 Å². The molecule has 2 N–H and O–H groups in total. The monoisotopic (exact) mass is 283 g/mol. The maximum Gasteiger partial charge on any atom is 0.129 e. The molecular formula is C18H25N3. The highest BCUT2D eigenvalue weighted by molar-refractivity contribution is 5.43. The Bertz CT molecular complexity index is 576. The Hall–Kier alpha value is -1.87. The second kappa shape index (κ2) is 7.23. The predicted molar refractivity (Wildman–Crippen MR) is 89.4 cm³/mol. The zero-order valence-corrected chi connectivity index (χ0v) is 13.3. The van der Waals surface area contributed by atoms with Crippen molar-refractivity contribution in [2.24, 2.45) is 5.73 Å². The SMILES string of the molecule is CCCc1cc(CN)cc(N(C)Cc2ccc(C)cc2)n1. The van der Waals surface area contributed by atoms with Crippen LogP contribution in [0.1, 0.15) is 35.7 Å². The molecule has 0 aliphatic heterocycles. The standard InChI is InChI=1S/C18H25N3/c1-4-5-17-10-16(12-19)11-18(20-17)21(3)13-15-8-6-14(2)7-9-15/h6-11H,4-5,12-13,19H2,1-3H3. The van der Waals surface area contributed by atoms with Gasteiger partial charge in [0.15, 0.2) is 0 Å². The Balaban J connectivity index is 2.19. The highest BCUT2D eigenvalue weighted by Crippen LogP contribution is 2.17. The van der Waals surface area contributed by atoms with Crippen molar-refractivity contribution in [1.29, 1.82) is 0 Å². The molecule has 0 amide bonds. The molecule has 0 saturated heterocycles. The number of aryl methyl sites for hydroxylation is 2.